The van der Waals surface area contributed by atoms with Crippen LogP contribution in [0, 0.1) is 0 Å². The van der Waals surface area contributed by atoms with Crippen molar-refractivity contribution in [2.45, 2.75) is 4.90 Å². The number of halogens is 1. The molecule has 1 aliphatic heterocycles. The molecule has 4 nitrogen and oxygen atoms in total. The molecule has 0 fully saturated rings. The van der Waals surface area contributed by atoms with Crippen LogP contribution in [0.15, 0.2) is 77.4 Å². The van der Waals surface area contributed by atoms with Crippen LogP contribution in [0.2, 0.25) is 5.02 Å². The van der Waals surface area contributed by atoms with Gasteiger partial charge in [-0.1, -0.05) is 48.0 Å². The van der Waals surface area contributed by atoms with Gasteiger partial charge in [0.15, 0.2) is 0 Å². The molecule has 28 heavy (non-hydrogen) atoms. The zero-order valence-electron chi connectivity index (χ0n) is 15.7. The first kappa shape index (κ1) is 20.1. The molecule has 0 bridgehead atoms. The molecule has 0 unspecified atom stereocenters. The maximum Gasteiger partial charge on any atom is 0.339 e. The summed E-state index contributed by atoms with van der Waals surface area (Å²) in [5.74, 6) is -0.369. The van der Waals surface area contributed by atoms with Crippen molar-refractivity contribution in [1.29, 1.82) is 0 Å². The fraction of sp³-hybridized carbons (Fsp3) is 0.136. The van der Waals surface area contributed by atoms with E-state index in [0.29, 0.717) is 17.1 Å². The quantitative estimate of drug-likeness (QED) is 0.534. The minimum Gasteiger partial charge on any atom is -0.465 e. The van der Waals surface area contributed by atoms with Crippen LogP contribution in [-0.2, 0) is 9.53 Å². The molecule has 3 rings (SSSR count). The number of methoxy groups -OCH3 is 1. The Hall–Kier alpha value is -2.63. The summed E-state index contributed by atoms with van der Waals surface area (Å²) in [6.07, 6.45) is 9.62. The van der Waals surface area contributed by atoms with E-state index in [0.717, 1.165) is 16.8 Å². The average molecular weight is 413 g/mol. The van der Waals surface area contributed by atoms with Crippen LogP contribution < -0.4 is 5.43 Å². The van der Waals surface area contributed by atoms with Gasteiger partial charge in [0, 0.05) is 16.1 Å². The van der Waals surface area contributed by atoms with E-state index >= 15 is 0 Å². The van der Waals surface area contributed by atoms with Gasteiger partial charge in [0.2, 0.25) is 0 Å². The van der Waals surface area contributed by atoms with Crippen molar-refractivity contribution in [3.05, 3.63) is 88.6 Å². The van der Waals surface area contributed by atoms with Gasteiger partial charge in [0.1, 0.15) is 0 Å². The number of nitrogens with one attached hydrogen (secondary N) is 1. The van der Waals surface area contributed by atoms with Crippen LogP contribution in [0.25, 0.3) is 11.8 Å². The van der Waals surface area contributed by atoms with Crippen molar-refractivity contribution in [3.8, 4) is 0 Å². The van der Waals surface area contributed by atoms with Gasteiger partial charge in [-0.15, -0.1) is 11.8 Å². The number of benzene rings is 2. The molecule has 0 atom stereocenters. The first-order valence-electron chi connectivity index (χ1n) is 8.70. The van der Waals surface area contributed by atoms with Gasteiger partial charge in [-0.3, -0.25) is 10.4 Å². The van der Waals surface area contributed by atoms with Crippen molar-refractivity contribution < 1.29 is 9.53 Å². The fourth-order valence-corrected chi connectivity index (χ4v) is 3.24. The van der Waals surface area contributed by atoms with Gasteiger partial charge in [0.05, 0.1) is 24.9 Å². The van der Waals surface area contributed by atoms with E-state index in [1.54, 1.807) is 24.0 Å². The van der Waals surface area contributed by atoms with Crippen LogP contribution in [-0.4, -0.2) is 30.9 Å². The number of thioether (sulfide) groups is 1. The topological polar surface area (TPSA) is 41.6 Å². The Balaban J connectivity index is 1.77. The summed E-state index contributed by atoms with van der Waals surface area (Å²) in [6.45, 7) is 0.573. The summed E-state index contributed by atoms with van der Waals surface area (Å²) in [6, 6.07) is 15.8. The molecule has 1 heterocycles. The van der Waals surface area contributed by atoms with E-state index in [2.05, 4.69) is 17.6 Å². The first-order chi connectivity index (χ1) is 13.6. The second-order valence-electron chi connectivity index (χ2n) is 6.08. The molecular weight excluding hydrogens is 392 g/mol. The van der Waals surface area contributed by atoms with Crippen molar-refractivity contribution >= 4 is 41.1 Å². The average Bonchev–Trinajstić information content (AvgIpc) is 2.74. The minimum atomic E-state index is -0.369. The Labute approximate surface area is 174 Å². The maximum atomic E-state index is 12.1. The molecule has 6 heteroatoms. The van der Waals surface area contributed by atoms with Gasteiger partial charge in [0.25, 0.3) is 0 Å². The lowest BCUT2D eigenvalue weighted by Gasteiger charge is -2.27. The zero-order valence-corrected chi connectivity index (χ0v) is 17.3. The molecule has 0 radical (unpaired) electrons. The second kappa shape index (κ2) is 9.53. The highest BCUT2D eigenvalue weighted by Crippen LogP contribution is 2.23. The van der Waals surface area contributed by atoms with Crippen LogP contribution in [0.4, 0.5) is 0 Å². The maximum absolute atomic E-state index is 12.1. The van der Waals surface area contributed by atoms with Gasteiger partial charge in [-0.2, -0.15) is 0 Å². The molecule has 0 spiro atoms. The van der Waals surface area contributed by atoms with Gasteiger partial charge >= 0.3 is 5.97 Å². The summed E-state index contributed by atoms with van der Waals surface area (Å²) >= 11 is 7.61. The van der Waals surface area contributed by atoms with Crippen molar-refractivity contribution in [2.75, 3.05) is 19.9 Å². The fourth-order valence-electron chi connectivity index (χ4n) is 2.70. The predicted octanol–water partition coefficient (Wildman–Crippen LogP) is 4.99. The first-order valence-corrected chi connectivity index (χ1v) is 10.3. The lowest BCUT2D eigenvalue weighted by Crippen LogP contribution is -2.35. The highest BCUT2D eigenvalue weighted by molar-refractivity contribution is 7.98. The molecule has 2 aromatic rings. The molecule has 2 aromatic carbocycles. The monoisotopic (exact) mass is 412 g/mol. The molecule has 0 amide bonds. The van der Waals surface area contributed by atoms with E-state index in [4.69, 9.17) is 16.3 Å². The second-order valence-corrected chi connectivity index (χ2v) is 7.40. The Morgan fingerprint density at radius 1 is 1.18 bits per heavy atom. The van der Waals surface area contributed by atoms with Gasteiger partial charge in [-0.25, -0.2) is 4.79 Å². The number of hydrazine groups is 1. The summed E-state index contributed by atoms with van der Waals surface area (Å²) in [7, 11) is 1.39. The molecule has 0 saturated carbocycles. The van der Waals surface area contributed by atoms with E-state index in [1.807, 2.05) is 59.8 Å². The number of carbonyl (C=O) groups is 1. The number of ether oxygens (including phenoxy) is 1. The molecule has 0 aromatic heterocycles. The molecule has 144 valence electrons. The van der Waals surface area contributed by atoms with Gasteiger partial charge in [-0.05, 0) is 47.7 Å². The number of hydrogen-bond acceptors (Lipinski definition) is 5. The van der Waals surface area contributed by atoms with E-state index < -0.39 is 0 Å². The standard InChI is InChI=1S/C22H21ClN2O2S/c1-27-22(26)18-14-21(17-7-11-20(28-2)12-8-17)24-25(15-18)13-3-4-16-5-9-19(23)10-6-16/h3-12,14-15,24H,13H2,1-2H3. The number of carbonyl (C=O) groups excluding carboxylic acids is 1. The molecule has 1 aliphatic rings. The van der Waals surface area contributed by atoms with Crippen LogP contribution in [0.3, 0.4) is 0 Å². The third-order valence-corrected chi connectivity index (χ3v) is 5.16. The summed E-state index contributed by atoms with van der Waals surface area (Å²) in [5, 5.41) is 2.57. The van der Waals surface area contributed by atoms with E-state index in [1.165, 1.54) is 12.0 Å². The summed E-state index contributed by atoms with van der Waals surface area (Å²) in [5.41, 5.74) is 6.73. The smallest absolute Gasteiger partial charge is 0.339 e. The van der Waals surface area contributed by atoms with Crippen molar-refractivity contribution in [3.63, 3.8) is 0 Å². The summed E-state index contributed by atoms with van der Waals surface area (Å²) < 4.78 is 4.90. The van der Waals surface area contributed by atoms with Crippen LogP contribution in [0.5, 0.6) is 0 Å². The lowest BCUT2D eigenvalue weighted by atomic mass is 10.1. The van der Waals surface area contributed by atoms with E-state index in [-0.39, 0.29) is 5.97 Å². The normalized spacial score (nSPS) is 13.8. The Kier molecular flexibility index (Phi) is 6.85. The van der Waals surface area contributed by atoms with Crippen LogP contribution in [0.1, 0.15) is 11.1 Å². The minimum absolute atomic E-state index is 0.369. The number of esters is 1. The molecule has 0 saturated heterocycles. The molecule has 1 N–H and O–H groups in total. The van der Waals surface area contributed by atoms with E-state index in [9.17, 15) is 4.79 Å². The van der Waals surface area contributed by atoms with Crippen molar-refractivity contribution in [2.24, 2.45) is 0 Å². The number of nitrogens with zero attached hydrogens (tertiary/aromatic N) is 1. The Morgan fingerprint density at radius 3 is 2.54 bits per heavy atom. The Bertz CT molecular complexity index is 919. The zero-order chi connectivity index (χ0) is 19.9. The Morgan fingerprint density at radius 2 is 1.89 bits per heavy atom. The number of hydrogen-bond donors (Lipinski definition) is 1. The largest absolute Gasteiger partial charge is 0.465 e. The highest BCUT2D eigenvalue weighted by Gasteiger charge is 2.17. The SMILES string of the molecule is COC(=O)C1=CN(CC=Cc2ccc(Cl)cc2)NC(c2ccc(SC)cc2)=C1. The highest BCUT2D eigenvalue weighted by atomic mass is 35.5. The molecular formula is C22H21ClN2O2S. The van der Waals surface area contributed by atoms with Crippen molar-refractivity contribution in [1.82, 2.24) is 10.4 Å². The third-order valence-electron chi connectivity index (χ3n) is 4.16. The lowest BCUT2D eigenvalue weighted by molar-refractivity contribution is -0.135. The third kappa shape index (κ3) is 5.21. The summed E-state index contributed by atoms with van der Waals surface area (Å²) in [4.78, 5) is 13.3. The van der Waals surface area contributed by atoms with Crippen LogP contribution >= 0.6 is 23.4 Å². The predicted molar refractivity (Wildman–Crippen MR) is 117 cm³/mol. The molecule has 0 aliphatic carbocycles. The number of rotatable bonds is 6. The van der Waals surface area contributed by atoms with Gasteiger partial charge < -0.3 is 4.74 Å².